The highest BCUT2D eigenvalue weighted by Gasteiger charge is 2.22. The molecular formula is C28H31N7O2. The second-order valence-electron chi connectivity index (χ2n) is 9.40. The van der Waals surface area contributed by atoms with Crippen LogP contribution < -0.4 is 10.6 Å². The van der Waals surface area contributed by atoms with Crippen molar-refractivity contribution >= 4 is 11.9 Å². The molecule has 190 valence electrons. The van der Waals surface area contributed by atoms with Gasteiger partial charge in [0.15, 0.2) is 0 Å². The van der Waals surface area contributed by atoms with Crippen LogP contribution in [0.25, 0.3) is 16.8 Å². The van der Waals surface area contributed by atoms with Gasteiger partial charge in [-0.25, -0.2) is 14.8 Å². The summed E-state index contributed by atoms with van der Waals surface area (Å²) in [6, 6.07) is 18.4. The molecule has 0 bridgehead atoms. The summed E-state index contributed by atoms with van der Waals surface area (Å²) in [5.74, 6) is 0.753. The molecule has 1 atom stereocenters. The fourth-order valence-electron chi connectivity index (χ4n) is 4.74. The zero-order chi connectivity index (χ0) is 25.6. The van der Waals surface area contributed by atoms with Gasteiger partial charge in [-0.2, -0.15) is 0 Å². The lowest BCUT2D eigenvalue weighted by Crippen LogP contribution is -2.47. The number of carboxylic acid groups (broad SMARTS) is 1. The molecule has 0 radical (unpaired) electrons. The van der Waals surface area contributed by atoms with Crippen LogP contribution in [0.3, 0.4) is 0 Å². The first-order valence-electron chi connectivity index (χ1n) is 12.5. The van der Waals surface area contributed by atoms with E-state index in [0.29, 0.717) is 19.6 Å². The minimum atomic E-state index is -0.973. The van der Waals surface area contributed by atoms with Crippen LogP contribution in [0.5, 0.6) is 0 Å². The molecule has 1 unspecified atom stereocenters. The second kappa shape index (κ2) is 11.2. The second-order valence-corrected chi connectivity index (χ2v) is 9.40. The minimum absolute atomic E-state index is 0.0636. The number of piperidine rings is 1. The van der Waals surface area contributed by atoms with Crippen LogP contribution in [0.4, 0.5) is 10.6 Å². The standard InChI is InChI=1S/C28H31N7O2/c1-20-16-35(19-31-20)26-13-25(18-34-11-5-8-23(17-34)33-28(36)37)32-27(14-26)30-15-24-12-22(9-10-29-24)21-6-3-2-4-7-21/h2-4,6-7,9-10,12-14,16,19,23,33H,5,8,11,15,17-18H2,1H3,(H,30,32)(H,36,37). The Balaban J connectivity index is 1.35. The van der Waals surface area contributed by atoms with E-state index in [-0.39, 0.29) is 6.04 Å². The highest BCUT2D eigenvalue weighted by atomic mass is 16.4. The quantitative estimate of drug-likeness (QED) is 0.329. The van der Waals surface area contributed by atoms with Crippen molar-refractivity contribution < 1.29 is 9.90 Å². The first kappa shape index (κ1) is 24.5. The van der Waals surface area contributed by atoms with E-state index in [4.69, 9.17) is 10.1 Å². The number of imidazole rings is 1. The molecule has 0 spiro atoms. The van der Waals surface area contributed by atoms with Crippen LogP contribution in [0.2, 0.25) is 0 Å². The summed E-state index contributed by atoms with van der Waals surface area (Å²) >= 11 is 0. The van der Waals surface area contributed by atoms with Gasteiger partial charge in [0.2, 0.25) is 0 Å². The maximum atomic E-state index is 11.1. The molecule has 1 aromatic carbocycles. The smallest absolute Gasteiger partial charge is 0.404 e. The van der Waals surface area contributed by atoms with Crippen LogP contribution in [0.1, 0.15) is 29.9 Å². The Labute approximate surface area is 216 Å². The molecule has 4 aromatic rings. The molecule has 3 aromatic heterocycles. The van der Waals surface area contributed by atoms with Crippen molar-refractivity contribution in [2.24, 2.45) is 0 Å². The van der Waals surface area contributed by atoms with E-state index in [1.54, 1.807) is 6.33 Å². The third-order valence-electron chi connectivity index (χ3n) is 6.47. The van der Waals surface area contributed by atoms with E-state index >= 15 is 0 Å². The van der Waals surface area contributed by atoms with Crippen molar-refractivity contribution in [1.82, 2.24) is 29.7 Å². The molecular weight excluding hydrogens is 466 g/mol. The fourth-order valence-corrected chi connectivity index (χ4v) is 4.74. The number of hydrogen-bond donors (Lipinski definition) is 3. The lowest BCUT2D eigenvalue weighted by atomic mass is 10.1. The van der Waals surface area contributed by atoms with Crippen LogP contribution >= 0.6 is 0 Å². The van der Waals surface area contributed by atoms with E-state index in [1.165, 1.54) is 0 Å². The van der Waals surface area contributed by atoms with Gasteiger partial charge in [-0.15, -0.1) is 0 Å². The van der Waals surface area contributed by atoms with E-state index in [0.717, 1.165) is 59.1 Å². The normalized spacial score (nSPS) is 15.9. The zero-order valence-corrected chi connectivity index (χ0v) is 20.8. The summed E-state index contributed by atoms with van der Waals surface area (Å²) in [5, 5.41) is 15.2. The average Bonchev–Trinajstić information content (AvgIpc) is 3.34. The van der Waals surface area contributed by atoms with Gasteiger partial charge in [-0.3, -0.25) is 9.88 Å². The Bertz CT molecular complexity index is 1360. The summed E-state index contributed by atoms with van der Waals surface area (Å²) in [7, 11) is 0. The van der Waals surface area contributed by atoms with Gasteiger partial charge in [0.05, 0.1) is 35.6 Å². The largest absolute Gasteiger partial charge is 0.465 e. The molecule has 5 rings (SSSR count). The SMILES string of the molecule is Cc1cn(-c2cc(CN3CCCC(NC(=O)O)C3)nc(NCc3cc(-c4ccccc4)ccn3)c2)cn1. The number of pyridine rings is 2. The number of aryl methyl sites for hydroxylation is 1. The molecule has 3 N–H and O–H groups in total. The third kappa shape index (κ3) is 6.50. The topological polar surface area (TPSA) is 108 Å². The van der Waals surface area contributed by atoms with E-state index < -0.39 is 6.09 Å². The molecule has 1 amide bonds. The number of nitrogens with one attached hydrogen (secondary N) is 2. The van der Waals surface area contributed by atoms with Gasteiger partial charge in [-0.05, 0) is 55.6 Å². The van der Waals surface area contributed by atoms with Crippen LogP contribution in [-0.2, 0) is 13.1 Å². The number of aromatic nitrogens is 4. The Kier molecular flexibility index (Phi) is 7.41. The van der Waals surface area contributed by atoms with E-state index in [2.05, 4.69) is 49.8 Å². The van der Waals surface area contributed by atoms with Crippen molar-refractivity contribution in [2.75, 3.05) is 18.4 Å². The monoisotopic (exact) mass is 497 g/mol. The van der Waals surface area contributed by atoms with Crippen LogP contribution in [-0.4, -0.2) is 54.8 Å². The zero-order valence-electron chi connectivity index (χ0n) is 20.8. The van der Waals surface area contributed by atoms with Gasteiger partial charge in [-0.1, -0.05) is 30.3 Å². The number of rotatable bonds is 8. The number of nitrogens with zero attached hydrogens (tertiary/aromatic N) is 5. The number of likely N-dealkylation sites (tertiary alicyclic amines) is 1. The first-order chi connectivity index (χ1) is 18.0. The molecule has 1 aliphatic heterocycles. The predicted molar refractivity (Wildman–Crippen MR) is 143 cm³/mol. The van der Waals surface area contributed by atoms with Gasteiger partial charge in [0.25, 0.3) is 0 Å². The summed E-state index contributed by atoms with van der Waals surface area (Å²) in [6.07, 6.45) is 6.45. The summed E-state index contributed by atoms with van der Waals surface area (Å²) in [4.78, 5) is 27.2. The summed E-state index contributed by atoms with van der Waals surface area (Å²) in [6.45, 7) is 4.71. The van der Waals surface area contributed by atoms with Crippen molar-refractivity contribution in [3.8, 4) is 16.8 Å². The molecule has 37 heavy (non-hydrogen) atoms. The molecule has 1 aliphatic rings. The summed E-state index contributed by atoms with van der Waals surface area (Å²) in [5.41, 5.74) is 6.02. The predicted octanol–water partition coefficient (Wildman–Crippen LogP) is 4.48. The number of carbonyl (C=O) groups is 1. The molecule has 4 heterocycles. The maximum Gasteiger partial charge on any atom is 0.404 e. The highest BCUT2D eigenvalue weighted by molar-refractivity contribution is 5.65. The molecule has 1 saturated heterocycles. The third-order valence-corrected chi connectivity index (χ3v) is 6.47. The van der Waals surface area contributed by atoms with E-state index in [1.807, 2.05) is 54.2 Å². The number of benzene rings is 1. The Hall–Kier alpha value is -4.24. The van der Waals surface area contributed by atoms with Crippen molar-refractivity contribution in [2.45, 2.75) is 38.9 Å². The number of amides is 1. The minimum Gasteiger partial charge on any atom is -0.465 e. The molecule has 9 heteroatoms. The van der Waals surface area contributed by atoms with Gasteiger partial charge in [0, 0.05) is 37.6 Å². The van der Waals surface area contributed by atoms with Gasteiger partial charge >= 0.3 is 6.09 Å². The van der Waals surface area contributed by atoms with Crippen LogP contribution in [0, 0.1) is 6.92 Å². The molecule has 1 fully saturated rings. The van der Waals surface area contributed by atoms with Crippen molar-refractivity contribution in [1.29, 1.82) is 0 Å². The van der Waals surface area contributed by atoms with Gasteiger partial charge in [0.1, 0.15) is 5.82 Å². The molecule has 0 aliphatic carbocycles. The number of anilines is 1. The Morgan fingerprint density at radius 1 is 1.08 bits per heavy atom. The molecule has 9 nitrogen and oxygen atoms in total. The Morgan fingerprint density at radius 2 is 1.95 bits per heavy atom. The maximum absolute atomic E-state index is 11.1. The highest BCUT2D eigenvalue weighted by Crippen LogP contribution is 2.21. The number of hydrogen-bond acceptors (Lipinski definition) is 6. The average molecular weight is 498 g/mol. The molecule has 0 saturated carbocycles. The Morgan fingerprint density at radius 3 is 2.73 bits per heavy atom. The van der Waals surface area contributed by atoms with Crippen molar-refractivity contribution in [3.63, 3.8) is 0 Å². The van der Waals surface area contributed by atoms with Crippen molar-refractivity contribution in [3.05, 3.63) is 90.4 Å². The first-order valence-corrected chi connectivity index (χ1v) is 12.5. The van der Waals surface area contributed by atoms with Crippen LogP contribution in [0.15, 0.2) is 73.3 Å². The lowest BCUT2D eigenvalue weighted by molar-refractivity contribution is 0.159. The summed E-state index contributed by atoms with van der Waals surface area (Å²) < 4.78 is 1.99. The van der Waals surface area contributed by atoms with E-state index in [9.17, 15) is 4.79 Å². The lowest BCUT2D eigenvalue weighted by Gasteiger charge is -2.32. The fraction of sp³-hybridized carbons (Fsp3) is 0.286. The van der Waals surface area contributed by atoms with Gasteiger partial charge < -0.3 is 20.3 Å².